The van der Waals surface area contributed by atoms with Gasteiger partial charge in [-0.1, -0.05) is 30.3 Å². The highest BCUT2D eigenvalue weighted by molar-refractivity contribution is 5.93. The molecule has 0 saturated heterocycles. The quantitative estimate of drug-likeness (QED) is 0.687. The van der Waals surface area contributed by atoms with Gasteiger partial charge in [0, 0.05) is 5.56 Å². The Morgan fingerprint density at radius 3 is 2.77 bits per heavy atom. The molecule has 1 unspecified atom stereocenters. The van der Waals surface area contributed by atoms with Gasteiger partial charge in [-0.25, -0.2) is 15.4 Å². The van der Waals surface area contributed by atoms with Gasteiger partial charge in [0.25, 0.3) is 0 Å². The first-order valence-electron chi connectivity index (χ1n) is 6.98. The Morgan fingerprint density at radius 2 is 1.91 bits per heavy atom. The van der Waals surface area contributed by atoms with Crippen LogP contribution in [0.1, 0.15) is 17.6 Å². The number of ether oxygens (including phenoxy) is 1. The van der Waals surface area contributed by atoms with Crippen molar-refractivity contribution >= 4 is 16.7 Å². The van der Waals surface area contributed by atoms with Crippen LogP contribution in [0.5, 0.6) is 5.75 Å². The van der Waals surface area contributed by atoms with Crippen LogP contribution >= 0.6 is 0 Å². The van der Waals surface area contributed by atoms with Gasteiger partial charge in [0.1, 0.15) is 18.6 Å². The molecule has 22 heavy (non-hydrogen) atoms. The van der Waals surface area contributed by atoms with Crippen LogP contribution in [0.25, 0.3) is 10.9 Å². The number of aromatic nitrogens is 2. The molecule has 6 nitrogen and oxygen atoms in total. The number of anilines is 1. The molecule has 3 aromatic rings. The van der Waals surface area contributed by atoms with Crippen molar-refractivity contribution in [1.82, 2.24) is 15.4 Å². The van der Waals surface area contributed by atoms with Gasteiger partial charge in [-0.3, -0.25) is 0 Å². The monoisotopic (exact) mass is 294 g/mol. The largest absolute Gasteiger partial charge is 0.486 e. The summed E-state index contributed by atoms with van der Waals surface area (Å²) in [6.45, 7) is 0.279. The van der Waals surface area contributed by atoms with Crippen LogP contribution in [0, 0.1) is 0 Å². The second kappa shape index (κ2) is 5.25. The van der Waals surface area contributed by atoms with Crippen molar-refractivity contribution in [2.75, 3.05) is 5.43 Å². The molecule has 0 fully saturated rings. The molecule has 0 bridgehead atoms. The van der Waals surface area contributed by atoms with Crippen LogP contribution in [-0.4, -0.2) is 15.1 Å². The number of hydrogen-bond acceptors (Lipinski definition) is 6. The Labute approximate surface area is 126 Å². The van der Waals surface area contributed by atoms with E-state index in [1.165, 1.54) is 0 Å². The number of para-hydroxylation sites is 1. The fourth-order valence-electron chi connectivity index (χ4n) is 2.52. The molecule has 2 aromatic carbocycles. The van der Waals surface area contributed by atoms with Crippen molar-refractivity contribution < 1.29 is 9.84 Å². The Morgan fingerprint density at radius 1 is 1.05 bits per heavy atom. The number of hydrogen-bond donors (Lipinski definition) is 3. The van der Waals surface area contributed by atoms with Crippen LogP contribution in [0.15, 0.2) is 48.5 Å². The number of aliphatic hydroxyl groups is 1. The first-order chi connectivity index (χ1) is 10.8. The number of benzene rings is 2. The summed E-state index contributed by atoms with van der Waals surface area (Å²) in [5.74, 6) is 2.00. The van der Waals surface area contributed by atoms with Crippen LogP contribution in [0.3, 0.4) is 0 Å². The molecule has 3 N–H and O–H groups in total. The summed E-state index contributed by atoms with van der Waals surface area (Å²) in [6.07, 6.45) is -0.772. The molecule has 1 atom stereocenters. The third-order valence-electron chi connectivity index (χ3n) is 3.53. The van der Waals surface area contributed by atoms with E-state index in [1.807, 2.05) is 48.5 Å². The maximum Gasteiger partial charge on any atom is 0.168 e. The van der Waals surface area contributed by atoms with Crippen LogP contribution in [-0.2, 0) is 6.61 Å². The molecule has 6 heteroatoms. The lowest BCUT2D eigenvalue weighted by molar-refractivity contribution is 0.148. The van der Waals surface area contributed by atoms with Crippen LogP contribution < -0.4 is 15.6 Å². The highest BCUT2D eigenvalue weighted by Crippen LogP contribution is 2.30. The summed E-state index contributed by atoms with van der Waals surface area (Å²) in [5.41, 5.74) is 7.23. The van der Waals surface area contributed by atoms with E-state index in [1.54, 1.807) is 0 Å². The summed E-state index contributed by atoms with van der Waals surface area (Å²) >= 11 is 0. The third kappa shape index (κ3) is 2.24. The minimum atomic E-state index is -0.772. The second-order valence-corrected chi connectivity index (χ2v) is 5.00. The van der Waals surface area contributed by atoms with Gasteiger partial charge in [0.15, 0.2) is 11.6 Å². The van der Waals surface area contributed by atoms with Gasteiger partial charge in [0.05, 0.1) is 10.9 Å². The van der Waals surface area contributed by atoms with E-state index in [9.17, 15) is 5.11 Å². The van der Waals surface area contributed by atoms with Crippen molar-refractivity contribution in [2.45, 2.75) is 12.8 Å². The van der Waals surface area contributed by atoms with Gasteiger partial charge in [-0.05, 0) is 18.2 Å². The predicted octanol–water partition coefficient (Wildman–Crippen LogP) is 2.13. The molecule has 1 aromatic heterocycles. The molecule has 110 valence electrons. The highest BCUT2D eigenvalue weighted by atomic mass is 16.5. The number of nitrogens with zero attached hydrogens (tertiary/aromatic N) is 2. The average Bonchev–Trinajstić information content (AvgIpc) is 2.57. The highest BCUT2D eigenvalue weighted by Gasteiger charge is 2.21. The fraction of sp³-hybridized carbons (Fsp3) is 0.125. The molecule has 0 aliphatic carbocycles. The molecule has 2 heterocycles. The van der Waals surface area contributed by atoms with Crippen molar-refractivity contribution in [2.24, 2.45) is 0 Å². The molecule has 0 saturated carbocycles. The van der Waals surface area contributed by atoms with Crippen LogP contribution in [0.2, 0.25) is 0 Å². The van der Waals surface area contributed by atoms with E-state index in [4.69, 9.17) is 4.74 Å². The first-order valence-corrected chi connectivity index (χ1v) is 6.98. The lowest BCUT2D eigenvalue weighted by atomic mass is 10.1. The lowest BCUT2D eigenvalue weighted by Gasteiger charge is -2.23. The van der Waals surface area contributed by atoms with Crippen molar-refractivity contribution in [3.8, 4) is 5.75 Å². The van der Waals surface area contributed by atoms with Gasteiger partial charge in [-0.2, -0.15) is 0 Å². The number of nitrogens with one attached hydrogen (secondary N) is 2. The number of rotatable bonds is 3. The normalized spacial score (nSPS) is 16.3. The smallest absolute Gasteiger partial charge is 0.168 e. The van der Waals surface area contributed by atoms with Gasteiger partial charge in [0.2, 0.25) is 0 Å². The van der Waals surface area contributed by atoms with Gasteiger partial charge >= 0.3 is 0 Å². The predicted molar refractivity (Wildman–Crippen MR) is 82.0 cm³/mol. The van der Waals surface area contributed by atoms with Gasteiger partial charge < -0.3 is 15.3 Å². The minimum Gasteiger partial charge on any atom is -0.486 e. The van der Waals surface area contributed by atoms with E-state index >= 15 is 0 Å². The fourth-order valence-corrected chi connectivity index (χ4v) is 2.52. The zero-order valence-corrected chi connectivity index (χ0v) is 11.7. The van der Waals surface area contributed by atoms with E-state index in [0.29, 0.717) is 11.6 Å². The summed E-state index contributed by atoms with van der Waals surface area (Å²) in [6, 6.07) is 15.2. The average molecular weight is 294 g/mol. The summed E-state index contributed by atoms with van der Waals surface area (Å²) in [7, 11) is 0. The van der Waals surface area contributed by atoms with E-state index in [2.05, 4.69) is 20.8 Å². The van der Waals surface area contributed by atoms with E-state index in [0.717, 1.165) is 22.2 Å². The molecule has 0 radical (unpaired) electrons. The van der Waals surface area contributed by atoms with Crippen molar-refractivity contribution in [1.29, 1.82) is 0 Å². The maximum atomic E-state index is 9.94. The van der Waals surface area contributed by atoms with Gasteiger partial charge in [-0.15, -0.1) is 0 Å². The molecule has 4 rings (SSSR count). The Kier molecular flexibility index (Phi) is 3.10. The zero-order chi connectivity index (χ0) is 14.9. The Balaban J connectivity index is 1.69. The minimum absolute atomic E-state index is 0.279. The molecule has 0 amide bonds. The topological polar surface area (TPSA) is 79.3 Å². The molecule has 1 aliphatic rings. The van der Waals surface area contributed by atoms with Crippen molar-refractivity contribution in [3.63, 3.8) is 0 Å². The maximum absolute atomic E-state index is 9.94. The Hall–Kier alpha value is -2.70. The summed E-state index contributed by atoms with van der Waals surface area (Å²) in [4.78, 5) is 8.97. The second-order valence-electron chi connectivity index (χ2n) is 5.00. The van der Waals surface area contributed by atoms with E-state index in [-0.39, 0.29) is 6.61 Å². The lowest BCUT2D eigenvalue weighted by Crippen LogP contribution is -2.32. The Bertz CT molecular complexity index is 823. The zero-order valence-electron chi connectivity index (χ0n) is 11.7. The van der Waals surface area contributed by atoms with Crippen molar-refractivity contribution in [3.05, 3.63) is 59.9 Å². The SMILES string of the molecule is OC1NNc2nc(COc3ccccc3)nc3cccc1c23. The molecular formula is C16H14N4O2. The van der Waals surface area contributed by atoms with E-state index < -0.39 is 6.23 Å². The van der Waals surface area contributed by atoms with Crippen LogP contribution in [0.4, 0.5) is 5.82 Å². The summed E-state index contributed by atoms with van der Waals surface area (Å²) in [5, 5.41) is 10.8. The summed E-state index contributed by atoms with van der Waals surface area (Å²) < 4.78 is 5.69. The number of hydrazine groups is 1. The molecule has 0 spiro atoms. The molecular weight excluding hydrogens is 280 g/mol. The standard InChI is InChI=1S/C16H14N4O2/c21-16-11-7-4-8-12-14(11)15(19-20-16)18-13(17-12)9-22-10-5-2-1-3-6-10/h1-8,16,20-21H,9H2,(H,17,18,19). The first kappa shape index (κ1) is 13.0. The third-order valence-corrected chi connectivity index (χ3v) is 3.53. The molecule has 1 aliphatic heterocycles. The number of aliphatic hydroxyl groups excluding tert-OH is 1.